The van der Waals surface area contributed by atoms with Gasteiger partial charge >= 0.3 is 5.97 Å². The Morgan fingerprint density at radius 1 is 1.00 bits per heavy atom. The van der Waals surface area contributed by atoms with Crippen molar-refractivity contribution in [1.82, 2.24) is 9.88 Å². The van der Waals surface area contributed by atoms with Crippen LogP contribution < -0.4 is 10.5 Å². The van der Waals surface area contributed by atoms with Crippen molar-refractivity contribution < 1.29 is 22.7 Å². The molecular formula is C23H25N3O5S. The summed E-state index contributed by atoms with van der Waals surface area (Å²) in [6, 6.07) is 17.4. The summed E-state index contributed by atoms with van der Waals surface area (Å²) < 4.78 is 29.9. The Morgan fingerprint density at radius 2 is 1.66 bits per heavy atom. The van der Waals surface area contributed by atoms with Gasteiger partial charge in [-0.25, -0.2) is 18.4 Å². The van der Waals surface area contributed by atoms with Crippen LogP contribution in [0.2, 0.25) is 0 Å². The van der Waals surface area contributed by atoms with E-state index in [0.717, 1.165) is 16.8 Å². The molecular weight excluding hydrogens is 430 g/mol. The van der Waals surface area contributed by atoms with E-state index in [2.05, 4.69) is 5.32 Å². The molecule has 9 heteroatoms. The van der Waals surface area contributed by atoms with Gasteiger partial charge in [0.05, 0.1) is 10.5 Å². The number of primary sulfonamides is 1. The van der Waals surface area contributed by atoms with Crippen molar-refractivity contribution >= 4 is 21.9 Å². The summed E-state index contributed by atoms with van der Waals surface area (Å²) in [6.07, 6.45) is 0. The van der Waals surface area contributed by atoms with Gasteiger partial charge in [-0.3, -0.25) is 4.79 Å². The monoisotopic (exact) mass is 455 g/mol. The summed E-state index contributed by atoms with van der Waals surface area (Å²) in [5.74, 6) is -0.963. The minimum Gasteiger partial charge on any atom is -0.452 e. The first-order valence-electron chi connectivity index (χ1n) is 9.91. The molecule has 168 valence electrons. The maximum atomic E-state index is 12.5. The highest BCUT2D eigenvalue weighted by molar-refractivity contribution is 7.89. The highest BCUT2D eigenvalue weighted by atomic mass is 32.2. The number of aryl methyl sites for hydroxylation is 1. The quantitative estimate of drug-likeness (QED) is 0.505. The molecule has 0 radical (unpaired) electrons. The van der Waals surface area contributed by atoms with E-state index in [1.807, 2.05) is 41.8 Å². The number of hydrogen-bond donors (Lipinski definition) is 2. The van der Waals surface area contributed by atoms with Crippen molar-refractivity contribution in [2.24, 2.45) is 5.14 Å². The standard InChI is InChI=1S/C23H25N3O5S/c1-16-12-21(23(28)31-15-22(27)25-13-18-6-4-3-5-7-18)17(2)26(16)14-19-8-10-20(11-9-19)32(24,29)30/h3-12H,13-15H2,1-2H3,(H,25,27)(H2,24,29,30). The van der Waals surface area contributed by atoms with E-state index in [4.69, 9.17) is 9.88 Å². The van der Waals surface area contributed by atoms with Crippen LogP contribution >= 0.6 is 0 Å². The van der Waals surface area contributed by atoms with Gasteiger partial charge in [-0.2, -0.15) is 0 Å². The lowest BCUT2D eigenvalue weighted by Crippen LogP contribution is -2.28. The second-order valence-corrected chi connectivity index (χ2v) is 8.96. The lowest BCUT2D eigenvalue weighted by Gasteiger charge is -2.11. The lowest BCUT2D eigenvalue weighted by molar-refractivity contribution is -0.124. The molecule has 0 aliphatic rings. The summed E-state index contributed by atoms with van der Waals surface area (Å²) in [5.41, 5.74) is 3.69. The Bertz CT molecular complexity index is 1220. The van der Waals surface area contributed by atoms with E-state index in [0.29, 0.717) is 24.3 Å². The SMILES string of the molecule is Cc1cc(C(=O)OCC(=O)NCc2ccccc2)c(C)n1Cc1ccc(S(N)(=O)=O)cc1. The van der Waals surface area contributed by atoms with Crippen LogP contribution in [0.4, 0.5) is 0 Å². The fourth-order valence-corrected chi connectivity index (χ4v) is 3.79. The smallest absolute Gasteiger partial charge is 0.340 e. The number of ether oxygens (including phenoxy) is 1. The average molecular weight is 456 g/mol. The van der Waals surface area contributed by atoms with Crippen LogP contribution in [-0.2, 0) is 32.6 Å². The number of sulfonamides is 1. The van der Waals surface area contributed by atoms with Gasteiger partial charge in [-0.05, 0) is 43.2 Å². The highest BCUT2D eigenvalue weighted by Gasteiger charge is 2.18. The first-order valence-corrected chi connectivity index (χ1v) is 11.5. The van der Waals surface area contributed by atoms with Crippen molar-refractivity contribution in [2.45, 2.75) is 31.8 Å². The summed E-state index contributed by atoms with van der Waals surface area (Å²) in [6.45, 7) is 4.07. The van der Waals surface area contributed by atoms with Crippen LogP contribution in [-0.4, -0.2) is 31.5 Å². The molecule has 1 amide bonds. The van der Waals surface area contributed by atoms with Crippen molar-refractivity contribution in [2.75, 3.05) is 6.61 Å². The maximum absolute atomic E-state index is 12.5. The van der Waals surface area contributed by atoms with E-state index < -0.39 is 16.0 Å². The van der Waals surface area contributed by atoms with Crippen molar-refractivity contribution in [3.05, 3.63) is 88.7 Å². The number of benzene rings is 2. The predicted molar refractivity (Wildman–Crippen MR) is 119 cm³/mol. The third-order valence-electron chi connectivity index (χ3n) is 5.05. The molecule has 1 heterocycles. The number of carbonyl (C=O) groups is 2. The number of hydrogen-bond acceptors (Lipinski definition) is 5. The minimum atomic E-state index is -3.75. The lowest BCUT2D eigenvalue weighted by atomic mass is 10.2. The molecule has 0 aliphatic heterocycles. The van der Waals surface area contributed by atoms with Crippen LogP contribution in [0.3, 0.4) is 0 Å². The minimum absolute atomic E-state index is 0.0389. The summed E-state index contributed by atoms with van der Waals surface area (Å²) in [5, 5.41) is 7.84. The van der Waals surface area contributed by atoms with Crippen LogP contribution in [0.15, 0.2) is 65.6 Å². The van der Waals surface area contributed by atoms with Crippen LogP contribution in [0.25, 0.3) is 0 Å². The van der Waals surface area contributed by atoms with E-state index in [-0.39, 0.29) is 17.4 Å². The Balaban J connectivity index is 1.61. The van der Waals surface area contributed by atoms with E-state index in [1.54, 1.807) is 25.1 Å². The van der Waals surface area contributed by atoms with Gasteiger partial charge < -0.3 is 14.6 Å². The van der Waals surface area contributed by atoms with Gasteiger partial charge in [-0.15, -0.1) is 0 Å². The third kappa shape index (κ3) is 5.83. The number of rotatable bonds is 8. The average Bonchev–Trinajstić information content (AvgIpc) is 3.05. The Labute approximate surface area is 187 Å². The molecule has 0 saturated carbocycles. The number of amides is 1. The zero-order chi connectivity index (χ0) is 23.3. The fourth-order valence-electron chi connectivity index (χ4n) is 3.27. The molecule has 3 rings (SSSR count). The van der Waals surface area contributed by atoms with E-state index in [9.17, 15) is 18.0 Å². The second kappa shape index (κ2) is 9.80. The van der Waals surface area contributed by atoms with Gasteiger partial charge in [0.15, 0.2) is 6.61 Å². The molecule has 8 nitrogen and oxygen atoms in total. The van der Waals surface area contributed by atoms with Gasteiger partial charge in [0.1, 0.15) is 0 Å². The molecule has 0 fully saturated rings. The Hall–Kier alpha value is -3.43. The van der Waals surface area contributed by atoms with Gasteiger partial charge in [0.2, 0.25) is 10.0 Å². The zero-order valence-electron chi connectivity index (χ0n) is 17.9. The van der Waals surface area contributed by atoms with Gasteiger partial charge in [-0.1, -0.05) is 42.5 Å². The van der Waals surface area contributed by atoms with Crippen molar-refractivity contribution in [3.8, 4) is 0 Å². The maximum Gasteiger partial charge on any atom is 0.340 e. The fraction of sp³-hybridized carbons (Fsp3) is 0.217. The normalized spacial score (nSPS) is 11.2. The second-order valence-electron chi connectivity index (χ2n) is 7.40. The van der Waals surface area contributed by atoms with Crippen molar-refractivity contribution in [3.63, 3.8) is 0 Å². The molecule has 32 heavy (non-hydrogen) atoms. The molecule has 3 aromatic rings. The van der Waals surface area contributed by atoms with Crippen LogP contribution in [0, 0.1) is 13.8 Å². The number of nitrogens with one attached hydrogen (secondary N) is 1. The zero-order valence-corrected chi connectivity index (χ0v) is 18.7. The number of nitrogens with zero attached hydrogens (tertiary/aromatic N) is 1. The number of aromatic nitrogens is 1. The highest BCUT2D eigenvalue weighted by Crippen LogP contribution is 2.19. The van der Waals surface area contributed by atoms with E-state index in [1.165, 1.54) is 12.1 Å². The summed E-state index contributed by atoms with van der Waals surface area (Å²) in [4.78, 5) is 24.6. The molecule has 0 unspecified atom stereocenters. The third-order valence-corrected chi connectivity index (χ3v) is 5.98. The Morgan fingerprint density at radius 3 is 2.28 bits per heavy atom. The first-order chi connectivity index (χ1) is 15.1. The number of esters is 1. The Kier molecular flexibility index (Phi) is 7.12. The topological polar surface area (TPSA) is 120 Å². The van der Waals surface area contributed by atoms with Crippen molar-refractivity contribution in [1.29, 1.82) is 0 Å². The van der Waals surface area contributed by atoms with E-state index >= 15 is 0 Å². The number of carbonyl (C=O) groups excluding carboxylic acids is 2. The van der Waals surface area contributed by atoms with Crippen LogP contribution in [0.1, 0.15) is 32.9 Å². The molecule has 0 spiro atoms. The molecule has 2 aromatic carbocycles. The molecule has 0 saturated heterocycles. The molecule has 0 atom stereocenters. The molecule has 3 N–H and O–H groups in total. The summed E-state index contributed by atoms with van der Waals surface area (Å²) >= 11 is 0. The molecule has 0 bridgehead atoms. The molecule has 0 aliphatic carbocycles. The van der Waals surface area contributed by atoms with Gasteiger partial charge in [0.25, 0.3) is 5.91 Å². The largest absolute Gasteiger partial charge is 0.452 e. The van der Waals surface area contributed by atoms with Crippen LogP contribution in [0.5, 0.6) is 0 Å². The van der Waals surface area contributed by atoms with Gasteiger partial charge in [0, 0.05) is 24.5 Å². The first kappa shape index (κ1) is 23.2. The predicted octanol–water partition coefficient (Wildman–Crippen LogP) is 2.27. The summed E-state index contributed by atoms with van der Waals surface area (Å²) in [7, 11) is -3.75. The number of nitrogens with two attached hydrogens (primary N) is 1. The molecule has 1 aromatic heterocycles.